The molecule has 2 N–H and O–H groups in total. The Balaban J connectivity index is 1.48. The lowest BCUT2D eigenvalue weighted by Gasteiger charge is -2.19. The standard InChI is InChI=1S/C28H26N4O3/c33-26(29-21-15-16-21)24(17-19-9-3-1-4-10-19)30-27(34)25-22-13-7-8-14-23(22)28(35)32(31-25)18-20-11-5-2-6-12-20/h1-14,21,24H,15-18H2,(H,29,33)(H,30,34). The first-order valence-corrected chi connectivity index (χ1v) is 11.8. The van der Waals surface area contributed by atoms with Gasteiger partial charge in [0, 0.05) is 17.8 Å². The largest absolute Gasteiger partial charge is 0.352 e. The van der Waals surface area contributed by atoms with Crippen molar-refractivity contribution in [3.8, 4) is 0 Å². The van der Waals surface area contributed by atoms with Gasteiger partial charge in [-0.05, 0) is 30.0 Å². The summed E-state index contributed by atoms with van der Waals surface area (Å²) >= 11 is 0. The van der Waals surface area contributed by atoms with Crippen LogP contribution in [0.25, 0.3) is 10.8 Å². The van der Waals surface area contributed by atoms with Gasteiger partial charge in [0.1, 0.15) is 6.04 Å². The minimum Gasteiger partial charge on any atom is -0.352 e. The van der Waals surface area contributed by atoms with Crippen molar-refractivity contribution in [1.82, 2.24) is 20.4 Å². The van der Waals surface area contributed by atoms with Gasteiger partial charge in [-0.3, -0.25) is 14.4 Å². The zero-order chi connectivity index (χ0) is 24.2. The number of carbonyl (C=O) groups excluding carboxylic acids is 2. The molecule has 0 bridgehead atoms. The summed E-state index contributed by atoms with van der Waals surface area (Å²) in [6.07, 6.45) is 2.26. The SMILES string of the molecule is O=C(NC(Cc1ccccc1)C(=O)NC1CC1)c1nn(Cc2ccccc2)c(=O)c2ccccc12. The highest BCUT2D eigenvalue weighted by Gasteiger charge is 2.29. The predicted molar refractivity (Wildman–Crippen MR) is 134 cm³/mol. The van der Waals surface area contributed by atoms with Gasteiger partial charge in [0.05, 0.1) is 11.9 Å². The van der Waals surface area contributed by atoms with Crippen molar-refractivity contribution in [2.75, 3.05) is 0 Å². The topological polar surface area (TPSA) is 93.1 Å². The number of hydrogen-bond donors (Lipinski definition) is 2. The molecule has 7 heteroatoms. The van der Waals surface area contributed by atoms with E-state index in [9.17, 15) is 14.4 Å². The van der Waals surface area contributed by atoms with Crippen molar-refractivity contribution in [3.05, 3.63) is 112 Å². The fraction of sp³-hybridized carbons (Fsp3) is 0.214. The van der Waals surface area contributed by atoms with Gasteiger partial charge in [-0.1, -0.05) is 78.9 Å². The molecule has 2 amide bonds. The molecule has 5 rings (SSSR count). The Hall–Kier alpha value is -4.26. The van der Waals surface area contributed by atoms with E-state index in [1.165, 1.54) is 4.68 Å². The third-order valence-corrected chi connectivity index (χ3v) is 6.09. The highest BCUT2D eigenvalue weighted by Crippen LogP contribution is 2.19. The number of rotatable bonds is 8. The van der Waals surface area contributed by atoms with Gasteiger partial charge in [0.25, 0.3) is 11.5 Å². The highest BCUT2D eigenvalue weighted by atomic mass is 16.2. The molecule has 0 saturated heterocycles. The Bertz CT molecular complexity index is 1410. The van der Waals surface area contributed by atoms with E-state index in [1.807, 2.05) is 60.7 Å². The summed E-state index contributed by atoms with van der Waals surface area (Å²) < 4.78 is 1.31. The van der Waals surface area contributed by atoms with E-state index < -0.39 is 11.9 Å². The maximum atomic E-state index is 13.5. The van der Waals surface area contributed by atoms with E-state index in [0.717, 1.165) is 24.0 Å². The van der Waals surface area contributed by atoms with Crippen LogP contribution in [0, 0.1) is 0 Å². The summed E-state index contributed by atoms with van der Waals surface area (Å²) in [6.45, 7) is 0.237. The van der Waals surface area contributed by atoms with Crippen LogP contribution in [-0.2, 0) is 17.8 Å². The van der Waals surface area contributed by atoms with Gasteiger partial charge >= 0.3 is 0 Å². The monoisotopic (exact) mass is 466 g/mol. The molecule has 4 aromatic rings. The van der Waals surface area contributed by atoms with Crippen molar-refractivity contribution in [3.63, 3.8) is 0 Å². The molecule has 1 atom stereocenters. The summed E-state index contributed by atoms with van der Waals surface area (Å²) in [7, 11) is 0. The van der Waals surface area contributed by atoms with Gasteiger partial charge in [0.2, 0.25) is 5.91 Å². The lowest BCUT2D eigenvalue weighted by atomic mass is 10.0. The number of carbonyl (C=O) groups is 2. The summed E-state index contributed by atoms with van der Waals surface area (Å²) in [5.41, 5.74) is 1.69. The van der Waals surface area contributed by atoms with Crippen LogP contribution >= 0.6 is 0 Å². The molecule has 1 aliphatic carbocycles. The van der Waals surface area contributed by atoms with Gasteiger partial charge in [-0.15, -0.1) is 0 Å². The minimum absolute atomic E-state index is 0.119. The van der Waals surface area contributed by atoms with Crippen LogP contribution in [0.1, 0.15) is 34.5 Å². The number of fused-ring (bicyclic) bond motifs is 1. The molecule has 3 aromatic carbocycles. The highest BCUT2D eigenvalue weighted by molar-refractivity contribution is 6.06. The van der Waals surface area contributed by atoms with Crippen LogP contribution in [0.4, 0.5) is 0 Å². The summed E-state index contributed by atoms with van der Waals surface area (Å²) in [4.78, 5) is 39.6. The van der Waals surface area contributed by atoms with E-state index in [4.69, 9.17) is 0 Å². The zero-order valence-corrected chi connectivity index (χ0v) is 19.2. The molecular weight excluding hydrogens is 440 g/mol. The van der Waals surface area contributed by atoms with Crippen LogP contribution in [0.3, 0.4) is 0 Å². The first-order chi connectivity index (χ1) is 17.1. The molecule has 1 fully saturated rings. The zero-order valence-electron chi connectivity index (χ0n) is 19.2. The maximum Gasteiger partial charge on any atom is 0.274 e. The van der Waals surface area contributed by atoms with Crippen LogP contribution in [-0.4, -0.2) is 33.7 Å². The number of aromatic nitrogens is 2. The van der Waals surface area contributed by atoms with Crippen LogP contribution < -0.4 is 16.2 Å². The Morgan fingerprint density at radius 2 is 1.46 bits per heavy atom. The van der Waals surface area contributed by atoms with Crippen molar-refractivity contribution in [2.45, 2.75) is 37.9 Å². The van der Waals surface area contributed by atoms with Gasteiger partial charge in [-0.25, -0.2) is 4.68 Å². The molecule has 1 aromatic heterocycles. The normalized spacial score (nSPS) is 13.8. The lowest BCUT2D eigenvalue weighted by Crippen LogP contribution is -2.49. The lowest BCUT2D eigenvalue weighted by molar-refractivity contribution is -0.123. The first-order valence-electron chi connectivity index (χ1n) is 11.8. The van der Waals surface area contributed by atoms with E-state index in [0.29, 0.717) is 17.2 Å². The molecule has 7 nitrogen and oxygen atoms in total. The average Bonchev–Trinajstić information content (AvgIpc) is 3.70. The van der Waals surface area contributed by atoms with Crippen molar-refractivity contribution in [2.24, 2.45) is 0 Å². The minimum atomic E-state index is -0.763. The van der Waals surface area contributed by atoms with Crippen LogP contribution in [0.5, 0.6) is 0 Å². The van der Waals surface area contributed by atoms with E-state index in [2.05, 4.69) is 15.7 Å². The van der Waals surface area contributed by atoms with Gasteiger partial charge in [0.15, 0.2) is 5.69 Å². The van der Waals surface area contributed by atoms with E-state index >= 15 is 0 Å². The number of hydrogen-bond acceptors (Lipinski definition) is 4. The van der Waals surface area contributed by atoms with Crippen LogP contribution in [0.2, 0.25) is 0 Å². The molecule has 35 heavy (non-hydrogen) atoms. The van der Waals surface area contributed by atoms with E-state index in [1.54, 1.807) is 24.3 Å². The van der Waals surface area contributed by atoms with Gasteiger partial charge < -0.3 is 10.6 Å². The Morgan fingerprint density at radius 1 is 0.857 bits per heavy atom. The quantitative estimate of drug-likeness (QED) is 0.417. The molecule has 0 aliphatic heterocycles. The predicted octanol–water partition coefficient (Wildman–Crippen LogP) is 3.06. The van der Waals surface area contributed by atoms with Gasteiger partial charge in [-0.2, -0.15) is 5.10 Å². The number of nitrogens with one attached hydrogen (secondary N) is 2. The average molecular weight is 467 g/mol. The van der Waals surface area contributed by atoms with E-state index in [-0.39, 0.29) is 29.7 Å². The molecule has 1 saturated carbocycles. The second-order valence-corrected chi connectivity index (χ2v) is 8.84. The Labute approximate surface area is 202 Å². The first kappa shape index (κ1) is 22.5. The number of benzene rings is 3. The second kappa shape index (κ2) is 9.93. The smallest absolute Gasteiger partial charge is 0.274 e. The van der Waals surface area contributed by atoms with Crippen molar-refractivity contribution in [1.29, 1.82) is 0 Å². The summed E-state index contributed by atoms with van der Waals surface area (Å²) in [5, 5.41) is 11.2. The third kappa shape index (κ3) is 5.30. The van der Waals surface area contributed by atoms with Crippen molar-refractivity contribution >= 4 is 22.6 Å². The molecule has 176 valence electrons. The fourth-order valence-corrected chi connectivity index (χ4v) is 4.08. The summed E-state index contributed by atoms with van der Waals surface area (Å²) in [5.74, 6) is -0.707. The molecule has 0 spiro atoms. The molecule has 1 aliphatic rings. The molecule has 1 unspecified atom stereocenters. The molecule has 0 radical (unpaired) electrons. The Kier molecular flexibility index (Phi) is 6.39. The number of nitrogens with zero attached hydrogens (tertiary/aromatic N) is 2. The number of amides is 2. The van der Waals surface area contributed by atoms with Crippen molar-refractivity contribution < 1.29 is 9.59 Å². The van der Waals surface area contributed by atoms with Crippen LogP contribution in [0.15, 0.2) is 89.7 Å². The third-order valence-electron chi connectivity index (χ3n) is 6.09. The molecular formula is C28H26N4O3. The maximum absolute atomic E-state index is 13.5. The molecule has 1 heterocycles. The Morgan fingerprint density at radius 3 is 2.11 bits per heavy atom. The second-order valence-electron chi connectivity index (χ2n) is 8.84. The summed E-state index contributed by atoms with van der Waals surface area (Å²) in [6, 6.07) is 25.4. The fourth-order valence-electron chi connectivity index (χ4n) is 4.08.